The molecule has 3 heteroatoms. The summed E-state index contributed by atoms with van der Waals surface area (Å²) in [5.41, 5.74) is 2.06. The van der Waals surface area contributed by atoms with Crippen LogP contribution >= 0.6 is 11.6 Å². The molecule has 0 saturated carbocycles. The number of benzene rings is 1. The van der Waals surface area contributed by atoms with Crippen LogP contribution < -0.4 is 0 Å². The number of hydrogen-bond donors (Lipinski definition) is 0. The fraction of sp³-hybridized carbons (Fsp3) is 0.417. The average Bonchev–Trinajstić information content (AvgIpc) is 2.25. The predicted octanol–water partition coefficient (Wildman–Crippen LogP) is 3.88. The Kier molecular flexibility index (Phi) is 5.19. The molecule has 0 spiro atoms. The first kappa shape index (κ1) is 12.1. The van der Waals surface area contributed by atoms with Crippen molar-refractivity contribution >= 4 is 17.3 Å². The Balaban J connectivity index is 2.83. The van der Waals surface area contributed by atoms with E-state index in [4.69, 9.17) is 16.4 Å². The second-order valence-electron chi connectivity index (χ2n) is 3.21. The van der Waals surface area contributed by atoms with Gasteiger partial charge in [-0.3, -0.25) is 0 Å². The van der Waals surface area contributed by atoms with Crippen molar-refractivity contribution in [2.45, 2.75) is 26.7 Å². The highest BCUT2D eigenvalue weighted by molar-refractivity contribution is 6.30. The first-order valence-corrected chi connectivity index (χ1v) is 5.60. The molecule has 2 nitrogen and oxygen atoms in total. The molecule has 0 fully saturated rings. The minimum Gasteiger partial charge on any atom is -0.396 e. The van der Waals surface area contributed by atoms with Gasteiger partial charge in [-0.05, 0) is 31.0 Å². The zero-order valence-electron chi connectivity index (χ0n) is 9.16. The number of halogens is 1. The Morgan fingerprint density at radius 2 is 1.93 bits per heavy atom. The van der Waals surface area contributed by atoms with Gasteiger partial charge in [-0.2, -0.15) is 0 Å². The van der Waals surface area contributed by atoms with Crippen molar-refractivity contribution in [1.29, 1.82) is 0 Å². The van der Waals surface area contributed by atoms with Crippen LogP contribution in [0.25, 0.3) is 0 Å². The normalized spacial score (nSPS) is 11.5. The summed E-state index contributed by atoms with van der Waals surface area (Å²) in [7, 11) is 0. The molecule has 0 aromatic heterocycles. The monoisotopic (exact) mass is 225 g/mol. The van der Waals surface area contributed by atoms with Gasteiger partial charge in [0.2, 0.25) is 0 Å². The van der Waals surface area contributed by atoms with Crippen LogP contribution in [0.4, 0.5) is 0 Å². The van der Waals surface area contributed by atoms with Gasteiger partial charge >= 0.3 is 0 Å². The van der Waals surface area contributed by atoms with Crippen molar-refractivity contribution in [2.24, 2.45) is 5.16 Å². The van der Waals surface area contributed by atoms with Gasteiger partial charge in [-0.15, -0.1) is 0 Å². The van der Waals surface area contributed by atoms with Crippen LogP contribution in [0.15, 0.2) is 29.4 Å². The van der Waals surface area contributed by atoms with Crippen LogP contribution in [-0.2, 0) is 4.84 Å². The van der Waals surface area contributed by atoms with E-state index in [1.807, 2.05) is 31.2 Å². The number of nitrogens with zero attached hydrogens (tertiary/aromatic N) is 1. The number of rotatable bonds is 5. The fourth-order valence-corrected chi connectivity index (χ4v) is 1.39. The number of hydrogen-bond acceptors (Lipinski definition) is 2. The Bertz CT molecular complexity index is 319. The standard InChI is InChI=1S/C12H16ClNO/c1-3-5-12(14-15-4-2)10-6-8-11(13)9-7-10/h6-9H,3-5H2,1-2H3/b14-12+. The quantitative estimate of drug-likeness (QED) is 0.551. The van der Waals surface area contributed by atoms with Crippen LogP contribution in [0, 0.1) is 0 Å². The van der Waals surface area contributed by atoms with E-state index in [1.54, 1.807) is 0 Å². The fourth-order valence-electron chi connectivity index (χ4n) is 1.26. The first-order chi connectivity index (χ1) is 7.27. The van der Waals surface area contributed by atoms with Gasteiger partial charge in [0.05, 0.1) is 5.71 Å². The molecule has 0 bridgehead atoms. The number of oxime groups is 1. The topological polar surface area (TPSA) is 21.6 Å². The van der Waals surface area contributed by atoms with Gasteiger partial charge in [0.1, 0.15) is 6.61 Å². The third kappa shape index (κ3) is 3.92. The smallest absolute Gasteiger partial charge is 0.114 e. The summed E-state index contributed by atoms with van der Waals surface area (Å²) < 4.78 is 0. The summed E-state index contributed by atoms with van der Waals surface area (Å²) in [6, 6.07) is 7.67. The molecular formula is C12H16ClNO. The molecule has 0 N–H and O–H groups in total. The highest BCUT2D eigenvalue weighted by Crippen LogP contribution is 2.12. The maximum Gasteiger partial charge on any atom is 0.114 e. The van der Waals surface area contributed by atoms with E-state index >= 15 is 0 Å². The van der Waals surface area contributed by atoms with Gasteiger partial charge in [0.25, 0.3) is 0 Å². The first-order valence-electron chi connectivity index (χ1n) is 5.22. The predicted molar refractivity (Wildman–Crippen MR) is 64.5 cm³/mol. The van der Waals surface area contributed by atoms with E-state index in [2.05, 4.69) is 12.1 Å². The lowest BCUT2D eigenvalue weighted by molar-refractivity contribution is 0.158. The van der Waals surface area contributed by atoms with Crippen LogP contribution in [0.1, 0.15) is 32.3 Å². The lowest BCUT2D eigenvalue weighted by Crippen LogP contribution is -2.01. The zero-order valence-corrected chi connectivity index (χ0v) is 9.92. The Hall–Kier alpha value is -1.02. The molecule has 1 aromatic carbocycles. The molecule has 82 valence electrons. The van der Waals surface area contributed by atoms with Crippen molar-refractivity contribution in [3.63, 3.8) is 0 Å². The summed E-state index contributed by atoms with van der Waals surface area (Å²) in [4.78, 5) is 5.09. The molecule has 0 unspecified atom stereocenters. The molecule has 0 amide bonds. The molecule has 15 heavy (non-hydrogen) atoms. The van der Waals surface area contributed by atoms with Gasteiger partial charge in [-0.25, -0.2) is 0 Å². The van der Waals surface area contributed by atoms with Crippen LogP contribution in [0.5, 0.6) is 0 Å². The second-order valence-corrected chi connectivity index (χ2v) is 3.65. The van der Waals surface area contributed by atoms with Crippen molar-refractivity contribution in [3.8, 4) is 0 Å². The highest BCUT2D eigenvalue weighted by Gasteiger charge is 2.03. The third-order valence-corrected chi connectivity index (χ3v) is 2.22. The molecule has 0 radical (unpaired) electrons. The largest absolute Gasteiger partial charge is 0.396 e. The Morgan fingerprint density at radius 1 is 1.27 bits per heavy atom. The summed E-state index contributed by atoms with van der Waals surface area (Å²) in [5.74, 6) is 0. The van der Waals surface area contributed by atoms with Gasteiger partial charge in [-0.1, -0.05) is 42.2 Å². The maximum atomic E-state index is 5.83. The second kappa shape index (κ2) is 6.46. The van der Waals surface area contributed by atoms with E-state index in [-0.39, 0.29) is 0 Å². The molecule has 0 atom stereocenters. The molecule has 1 aromatic rings. The molecule has 1 rings (SSSR count). The van der Waals surface area contributed by atoms with Crippen molar-refractivity contribution < 1.29 is 4.84 Å². The summed E-state index contributed by atoms with van der Waals surface area (Å²) in [6.07, 6.45) is 1.97. The average molecular weight is 226 g/mol. The SMILES string of the molecule is CCC/C(=N\OCC)c1ccc(Cl)cc1. The zero-order chi connectivity index (χ0) is 11.1. The van der Waals surface area contributed by atoms with E-state index in [0.29, 0.717) is 6.61 Å². The summed E-state index contributed by atoms with van der Waals surface area (Å²) in [5, 5.41) is 4.85. The summed E-state index contributed by atoms with van der Waals surface area (Å²) >= 11 is 5.83. The van der Waals surface area contributed by atoms with Crippen LogP contribution in [0.3, 0.4) is 0 Å². The van der Waals surface area contributed by atoms with Crippen molar-refractivity contribution in [3.05, 3.63) is 34.9 Å². The highest BCUT2D eigenvalue weighted by atomic mass is 35.5. The van der Waals surface area contributed by atoms with Crippen molar-refractivity contribution in [2.75, 3.05) is 6.61 Å². The molecule has 0 heterocycles. The Labute approximate surface area is 95.9 Å². The molecule has 0 saturated heterocycles. The van der Waals surface area contributed by atoms with Gasteiger partial charge < -0.3 is 4.84 Å². The van der Waals surface area contributed by atoms with Crippen LogP contribution in [0.2, 0.25) is 5.02 Å². The van der Waals surface area contributed by atoms with E-state index in [1.165, 1.54) is 0 Å². The van der Waals surface area contributed by atoms with Gasteiger partial charge in [0, 0.05) is 5.02 Å². The lowest BCUT2D eigenvalue weighted by Gasteiger charge is -2.05. The molecule has 0 aliphatic rings. The van der Waals surface area contributed by atoms with Crippen LogP contribution in [-0.4, -0.2) is 12.3 Å². The van der Waals surface area contributed by atoms with E-state index in [9.17, 15) is 0 Å². The molecule has 0 aliphatic carbocycles. The summed E-state index contributed by atoms with van der Waals surface area (Å²) in [6.45, 7) is 4.65. The lowest BCUT2D eigenvalue weighted by atomic mass is 10.1. The Morgan fingerprint density at radius 3 is 2.47 bits per heavy atom. The van der Waals surface area contributed by atoms with E-state index < -0.39 is 0 Å². The minimum atomic E-state index is 0.598. The molecular weight excluding hydrogens is 210 g/mol. The maximum absolute atomic E-state index is 5.83. The minimum absolute atomic E-state index is 0.598. The third-order valence-electron chi connectivity index (χ3n) is 1.97. The van der Waals surface area contributed by atoms with E-state index in [0.717, 1.165) is 29.1 Å². The van der Waals surface area contributed by atoms with Crippen molar-refractivity contribution in [1.82, 2.24) is 0 Å². The van der Waals surface area contributed by atoms with Gasteiger partial charge in [0.15, 0.2) is 0 Å². The molecule has 0 aliphatic heterocycles.